The molecular weight excluding hydrogens is 368 g/mol. The summed E-state index contributed by atoms with van der Waals surface area (Å²) in [5.74, 6) is 0.532. The van der Waals surface area contributed by atoms with Crippen LogP contribution < -0.4 is 15.7 Å². The summed E-state index contributed by atoms with van der Waals surface area (Å²) in [6.07, 6.45) is 5.18. The van der Waals surface area contributed by atoms with Crippen molar-refractivity contribution in [2.45, 2.75) is 52.2 Å². The van der Waals surface area contributed by atoms with Crippen LogP contribution in [0.5, 0.6) is 5.75 Å². The van der Waals surface area contributed by atoms with Gasteiger partial charge in [0.25, 0.3) is 0 Å². The van der Waals surface area contributed by atoms with Crippen molar-refractivity contribution in [3.05, 3.63) is 69.3 Å². The fraction of sp³-hybridized carbons (Fsp3) is 0.348. The van der Waals surface area contributed by atoms with Gasteiger partial charge in [0.2, 0.25) is 5.91 Å². The SMILES string of the molecule is Cc1c(CC(=O)NCc2cccnc2)c(=O)oc2cc3c(cc12)CCC(C)(C)O3. The smallest absolute Gasteiger partial charge is 0.340 e. The summed E-state index contributed by atoms with van der Waals surface area (Å²) >= 11 is 0. The van der Waals surface area contributed by atoms with Crippen LogP contribution in [-0.2, 0) is 24.2 Å². The third kappa shape index (κ3) is 4.01. The van der Waals surface area contributed by atoms with Crippen LogP contribution in [0, 0.1) is 6.92 Å². The van der Waals surface area contributed by atoms with Crippen LogP contribution in [0.2, 0.25) is 0 Å². The van der Waals surface area contributed by atoms with Gasteiger partial charge in [0.05, 0.1) is 12.0 Å². The summed E-state index contributed by atoms with van der Waals surface area (Å²) < 4.78 is 11.6. The molecule has 4 rings (SSSR count). The highest BCUT2D eigenvalue weighted by Gasteiger charge is 2.27. The van der Waals surface area contributed by atoms with Gasteiger partial charge in [-0.2, -0.15) is 0 Å². The van der Waals surface area contributed by atoms with Crippen LogP contribution in [0.4, 0.5) is 0 Å². The molecule has 3 aromatic rings. The maximum absolute atomic E-state index is 12.6. The molecule has 0 aliphatic carbocycles. The maximum atomic E-state index is 12.6. The van der Waals surface area contributed by atoms with Gasteiger partial charge in [-0.1, -0.05) is 6.07 Å². The van der Waals surface area contributed by atoms with Crippen molar-refractivity contribution in [2.24, 2.45) is 0 Å². The second-order valence-electron chi connectivity index (χ2n) is 8.13. The van der Waals surface area contributed by atoms with E-state index in [4.69, 9.17) is 9.15 Å². The van der Waals surface area contributed by atoms with Gasteiger partial charge < -0.3 is 14.5 Å². The van der Waals surface area contributed by atoms with E-state index in [1.807, 2.05) is 25.1 Å². The van der Waals surface area contributed by atoms with E-state index in [2.05, 4.69) is 24.1 Å². The molecule has 0 unspecified atom stereocenters. The largest absolute Gasteiger partial charge is 0.487 e. The fourth-order valence-corrected chi connectivity index (χ4v) is 3.67. The van der Waals surface area contributed by atoms with Gasteiger partial charge in [0, 0.05) is 30.4 Å². The minimum Gasteiger partial charge on any atom is -0.487 e. The first kappa shape index (κ1) is 19.2. The number of carbonyl (C=O) groups is 1. The molecule has 1 aromatic carbocycles. The normalized spacial score (nSPS) is 14.9. The van der Waals surface area contributed by atoms with Crippen molar-refractivity contribution in [3.63, 3.8) is 0 Å². The highest BCUT2D eigenvalue weighted by molar-refractivity contribution is 5.86. The van der Waals surface area contributed by atoms with Crippen LogP contribution in [0.15, 0.2) is 45.9 Å². The van der Waals surface area contributed by atoms with Gasteiger partial charge in [-0.15, -0.1) is 0 Å². The highest BCUT2D eigenvalue weighted by atomic mass is 16.5. The average molecular weight is 392 g/mol. The van der Waals surface area contributed by atoms with Gasteiger partial charge in [-0.3, -0.25) is 9.78 Å². The minimum atomic E-state index is -0.485. The molecule has 3 heterocycles. The number of benzene rings is 1. The molecule has 1 N–H and O–H groups in total. The molecule has 6 heteroatoms. The zero-order chi connectivity index (χ0) is 20.6. The summed E-state index contributed by atoms with van der Waals surface area (Å²) in [5.41, 5.74) is 2.93. The standard InChI is InChI=1S/C23H24N2O4/c1-14-17-9-16-6-7-23(2,3)29-19(16)11-20(17)28-22(27)18(14)10-21(26)25-13-15-5-4-8-24-12-15/h4-5,8-9,11-12H,6-7,10,13H2,1-3H3,(H,25,26). The third-order valence-electron chi connectivity index (χ3n) is 5.40. The lowest BCUT2D eigenvalue weighted by Crippen LogP contribution is -2.32. The predicted molar refractivity (Wildman–Crippen MR) is 110 cm³/mol. The Morgan fingerprint density at radius 2 is 2.14 bits per heavy atom. The Hall–Kier alpha value is -3.15. The van der Waals surface area contributed by atoms with Crippen molar-refractivity contribution in [2.75, 3.05) is 0 Å². The lowest BCUT2D eigenvalue weighted by Gasteiger charge is -2.32. The first-order valence-electron chi connectivity index (χ1n) is 9.76. The van der Waals surface area contributed by atoms with E-state index in [0.29, 0.717) is 17.7 Å². The van der Waals surface area contributed by atoms with Gasteiger partial charge >= 0.3 is 5.63 Å². The van der Waals surface area contributed by atoms with Crippen LogP contribution in [0.3, 0.4) is 0 Å². The van der Waals surface area contributed by atoms with Crippen LogP contribution in [-0.4, -0.2) is 16.5 Å². The molecule has 0 fully saturated rings. The van der Waals surface area contributed by atoms with Crippen LogP contribution >= 0.6 is 0 Å². The molecule has 0 radical (unpaired) electrons. The molecule has 0 saturated heterocycles. The minimum absolute atomic E-state index is 0.0228. The Morgan fingerprint density at radius 1 is 1.31 bits per heavy atom. The molecule has 29 heavy (non-hydrogen) atoms. The van der Waals surface area contributed by atoms with Crippen LogP contribution in [0.1, 0.15) is 42.5 Å². The fourth-order valence-electron chi connectivity index (χ4n) is 3.67. The number of ether oxygens (including phenoxy) is 1. The lowest BCUT2D eigenvalue weighted by atomic mass is 9.92. The Morgan fingerprint density at radius 3 is 2.90 bits per heavy atom. The zero-order valence-electron chi connectivity index (χ0n) is 16.9. The number of fused-ring (bicyclic) bond motifs is 2. The Labute approximate surface area is 168 Å². The monoisotopic (exact) mass is 392 g/mol. The zero-order valence-corrected chi connectivity index (χ0v) is 16.9. The van der Waals surface area contributed by atoms with Crippen molar-refractivity contribution in [1.29, 1.82) is 0 Å². The number of aryl methyl sites for hydroxylation is 2. The van der Waals surface area contributed by atoms with Crippen molar-refractivity contribution in [1.82, 2.24) is 10.3 Å². The van der Waals surface area contributed by atoms with E-state index in [9.17, 15) is 9.59 Å². The number of aromatic nitrogens is 1. The summed E-state index contributed by atoms with van der Waals surface area (Å²) in [6, 6.07) is 7.52. The van der Waals surface area contributed by atoms with E-state index in [1.165, 1.54) is 0 Å². The van der Waals surface area contributed by atoms with E-state index in [-0.39, 0.29) is 17.9 Å². The number of nitrogens with zero attached hydrogens (tertiary/aromatic N) is 1. The van der Waals surface area contributed by atoms with E-state index in [1.54, 1.807) is 18.5 Å². The van der Waals surface area contributed by atoms with Gasteiger partial charge in [-0.05, 0) is 62.4 Å². The number of hydrogen-bond donors (Lipinski definition) is 1. The van der Waals surface area contributed by atoms with Crippen molar-refractivity contribution >= 4 is 16.9 Å². The van der Waals surface area contributed by atoms with E-state index < -0.39 is 5.63 Å². The van der Waals surface area contributed by atoms with Gasteiger partial charge in [0.15, 0.2) is 0 Å². The Balaban J connectivity index is 1.60. The molecule has 0 spiro atoms. The van der Waals surface area contributed by atoms with E-state index in [0.717, 1.165) is 40.7 Å². The number of pyridine rings is 1. The second-order valence-corrected chi connectivity index (χ2v) is 8.13. The molecule has 1 amide bonds. The number of amides is 1. The lowest BCUT2D eigenvalue weighted by molar-refractivity contribution is -0.120. The predicted octanol–water partition coefficient (Wildman–Crippen LogP) is 3.46. The molecule has 0 atom stereocenters. The Kier molecular flexibility index (Phi) is 4.86. The molecular formula is C23H24N2O4. The molecule has 6 nitrogen and oxygen atoms in total. The number of carbonyl (C=O) groups excluding carboxylic acids is 1. The summed E-state index contributed by atoms with van der Waals surface area (Å²) in [5, 5.41) is 3.68. The summed E-state index contributed by atoms with van der Waals surface area (Å²) in [7, 11) is 0. The number of hydrogen-bond acceptors (Lipinski definition) is 5. The molecule has 0 saturated carbocycles. The first-order valence-corrected chi connectivity index (χ1v) is 9.76. The quantitative estimate of drug-likeness (QED) is 0.688. The van der Waals surface area contributed by atoms with E-state index >= 15 is 0 Å². The van der Waals surface area contributed by atoms with Gasteiger partial charge in [-0.25, -0.2) is 4.79 Å². The summed E-state index contributed by atoms with van der Waals surface area (Å²) in [4.78, 5) is 29.0. The Bertz CT molecular complexity index is 1130. The molecule has 1 aliphatic rings. The molecule has 150 valence electrons. The van der Waals surface area contributed by atoms with Crippen LogP contribution in [0.25, 0.3) is 11.0 Å². The van der Waals surface area contributed by atoms with Gasteiger partial charge in [0.1, 0.15) is 16.9 Å². The average Bonchev–Trinajstić information content (AvgIpc) is 2.68. The molecule has 2 aromatic heterocycles. The second kappa shape index (κ2) is 7.35. The van der Waals surface area contributed by atoms with Crippen molar-refractivity contribution < 1.29 is 13.9 Å². The number of nitrogens with one attached hydrogen (secondary N) is 1. The maximum Gasteiger partial charge on any atom is 0.340 e. The number of rotatable bonds is 4. The topological polar surface area (TPSA) is 81.4 Å². The molecule has 0 bridgehead atoms. The van der Waals surface area contributed by atoms with Crippen molar-refractivity contribution in [3.8, 4) is 5.75 Å². The summed E-state index contributed by atoms with van der Waals surface area (Å²) in [6.45, 7) is 6.33. The first-order chi connectivity index (χ1) is 13.8. The highest BCUT2D eigenvalue weighted by Crippen LogP contribution is 2.36. The third-order valence-corrected chi connectivity index (χ3v) is 5.40. The molecule has 1 aliphatic heterocycles.